The Morgan fingerprint density at radius 3 is 2.14 bits per heavy atom. The SMILES string of the molecule is O=C(c1cc(F)cc(N2CCNCC2)c1)N1CCN(C(=O)c2cnc(OC3CCNC3)c(-c3ccc(F)cc3)c2)CC1. The molecule has 0 radical (unpaired) electrons. The highest BCUT2D eigenvalue weighted by Crippen LogP contribution is 2.31. The average molecular weight is 577 g/mol. The second kappa shape index (κ2) is 12.4. The average Bonchev–Trinajstić information content (AvgIpc) is 3.54. The van der Waals surface area contributed by atoms with E-state index in [-0.39, 0.29) is 23.7 Å². The highest BCUT2D eigenvalue weighted by atomic mass is 19.1. The predicted octanol–water partition coefficient (Wildman–Crippen LogP) is 2.78. The van der Waals surface area contributed by atoms with Crippen LogP contribution >= 0.6 is 0 Å². The molecule has 0 aliphatic carbocycles. The van der Waals surface area contributed by atoms with Gasteiger partial charge in [0.15, 0.2) is 0 Å². The molecule has 42 heavy (non-hydrogen) atoms. The number of anilines is 1. The van der Waals surface area contributed by atoms with Crippen LogP contribution < -0.4 is 20.3 Å². The van der Waals surface area contributed by atoms with Gasteiger partial charge in [-0.3, -0.25) is 9.59 Å². The van der Waals surface area contributed by atoms with Crippen molar-refractivity contribution >= 4 is 17.5 Å². The zero-order valence-corrected chi connectivity index (χ0v) is 23.3. The molecule has 6 rings (SSSR count). The summed E-state index contributed by atoms with van der Waals surface area (Å²) in [6, 6.07) is 12.3. The molecule has 1 aromatic heterocycles. The monoisotopic (exact) mass is 576 g/mol. The molecule has 1 unspecified atom stereocenters. The third kappa shape index (κ3) is 6.22. The summed E-state index contributed by atoms with van der Waals surface area (Å²) in [7, 11) is 0. The van der Waals surface area contributed by atoms with Gasteiger partial charge in [0.2, 0.25) is 5.88 Å². The number of aromatic nitrogens is 1. The zero-order valence-electron chi connectivity index (χ0n) is 23.3. The Morgan fingerprint density at radius 1 is 0.786 bits per heavy atom. The van der Waals surface area contributed by atoms with E-state index in [1.165, 1.54) is 30.5 Å². The van der Waals surface area contributed by atoms with Gasteiger partial charge in [0.1, 0.15) is 17.7 Å². The Balaban J connectivity index is 1.15. The summed E-state index contributed by atoms with van der Waals surface area (Å²) in [5, 5.41) is 6.53. The normalized spacial score (nSPS) is 19.2. The van der Waals surface area contributed by atoms with E-state index in [1.54, 1.807) is 34.1 Å². The number of amides is 2. The second-order valence-corrected chi connectivity index (χ2v) is 10.8. The summed E-state index contributed by atoms with van der Waals surface area (Å²) in [4.78, 5) is 36.7. The van der Waals surface area contributed by atoms with Crippen LogP contribution in [0.25, 0.3) is 11.1 Å². The Hall–Kier alpha value is -4.09. The minimum absolute atomic E-state index is 0.0325. The summed E-state index contributed by atoms with van der Waals surface area (Å²) in [5.41, 5.74) is 2.72. The summed E-state index contributed by atoms with van der Waals surface area (Å²) in [6.45, 7) is 6.02. The highest BCUT2D eigenvalue weighted by Gasteiger charge is 2.28. The molecular formula is C31H34F2N6O3. The van der Waals surface area contributed by atoms with E-state index in [4.69, 9.17) is 4.74 Å². The number of nitrogens with zero attached hydrogens (tertiary/aromatic N) is 4. The molecule has 3 aliphatic rings. The van der Waals surface area contributed by atoms with Gasteiger partial charge in [-0.25, -0.2) is 13.8 Å². The Labute approximate surface area is 243 Å². The fourth-order valence-corrected chi connectivity index (χ4v) is 5.67. The van der Waals surface area contributed by atoms with Crippen molar-refractivity contribution in [3.05, 3.63) is 77.5 Å². The largest absolute Gasteiger partial charge is 0.473 e. The first-order chi connectivity index (χ1) is 20.4. The second-order valence-electron chi connectivity index (χ2n) is 10.8. The molecule has 2 amide bonds. The maximum absolute atomic E-state index is 14.5. The van der Waals surface area contributed by atoms with Gasteiger partial charge in [0.05, 0.1) is 5.56 Å². The molecule has 3 fully saturated rings. The Bertz CT molecular complexity index is 1430. The molecule has 11 heteroatoms. The molecule has 3 saturated heterocycles. The number of halogens is 2. The van der Waals surface area contributed by atoms with Crippen molar-refractivity contribution in [3.63, 3.8) is 0 Å². The molecule has 9 nitrogen and oxygen atoms in total. The van der Waals surface area contributed by atoms with E-state index in [0.717, 1.165) is 39.1 Å². The van der Waals surface area contributed by atoms with Crippen molar-refractivity contribution in [1.29, 1.82) is 0 Å². The fourth-order valence-electron chi connectivity index (χ4n) is 5.67. The van der Waals surface area contributed by atoms with Crippen LogP contribution in [0.4, 0.5) is 14.5 Å². The number of ether oxygens (including phenoxy) is 1. The zero-order chi connectivity index (χ0) is 29.1. The summed E-state index contributed by atoms with van der Waals surface area (Å²) in [6.07, 6.45) is 2.32. The Morgan fingerprint density at radius 2 is 1.48 bits per heavy atom. The molecule has 1 atom stereocenters. The summed E-state index contributed by atoms with van der Waals surface area (Å²) in [5.74, 6) is -0.853. The number of rotatable bonds is 6. The van der Waals surface area contributed by atoms with E-state index in [1.807, 2.05) is 0 Å². The standard InChI is InChI=1S/C31H34F2N6O3/c32-24-3-1-21(2-4-24)28-17-23(19-36-29(28)42-27-5-6-35-20-27)31(41)39-13-11-38(12-14-39)30(40)22-15-25(33)18-26(16-22)37-9-7-34-8-10-37/h1-4,15-19,27,34-35H,5-14,20H2. The molecule has 4 heterocycles. The van der Waals surface area contributed by atoms with E-state index in [9.17, 15) is 18.4 Å². The van der Waals surface area contributed by atoms with E-state index >= 15 is 0 Å². The van der Waals surface area contributed by atoms with E-state index in [2.05, 4.69) is 20.5 Å². The third-order valence-electron chi connectivity index (χ3n) is 8.01. The number of hydrogen-bond donors (Lipinski definition) is 2. The van der Waals surface area contributed by atoms with Crippen LogP contribution in [0.3, 0.4) is 0 Å². The first-order valence-corrected chi connectivity index (χ1v) is 14.4. The van der Waals surface area contributed by atoms with Gasteiger partial charge in [-0.1, -0.05) is 12.1 Å². The number of benzene rings is 2. The maximum Gasteiger partial charge on any atom is 0.255 e. The molecular weight excluding hydrogens is 542 g/mol. The number of carbonyl (C=O) groups is 2. The third-order valence-corrected chi connectivity index (χ3v) is 8.01. The molecule has 0 spiro atoms. The van der Waals surface area contributed by atoms with Crippen molar-refractivity contribution in [2.75, 3.05) is 70.3 Å². The van der Waals surface area contributed by atoms with Gasteiger partial charge >= 0.3 is 0 Å². The van der Waals surface area contributed by atoms with E-state index < -0.39 is 5.82 Å². The fraction of sp³-hybridized carbons (Fsp3) is 0.387. The molecule has 3 aliphatic heterocycles. The smallest absolute Gasteiger partial charge is 0.255 e. The van der Waals surface area contributed by atoms with Crippen LogP contribution in [0.1, 0.15) is 27.1 Å². The van der Waals surface area contributed by atoms with Gasteiger partial charge < -0.3 is 30.1 Å². The number of pyridine rings is 1. The van der Waals surface area contributed by atoms with Crippen molar-refractivity contribution in [1.82, 2.24) is 25.4 Å². The summed E-state index contributed by atoms with van der Waals surface area (Å²) < 4.78 is 34.3. The number of hydrogen-bond acceptors (Lipinski definition) is 7. The first-order valence-electron chi connectivity index (χ1n) is 14.4. The molecule has 2 aromatic carbocycles. The van der Waals surface area contributed by atoms with Crippen LogP contribution in [-0.2, 0) is 0 Å². The highest BCUT2D eigenvalue weighted by molar-refractivity contribution is 5.97. The lowest BCUT2D eigenvalue weighted by Crippen LogP contribution is -2.50. The van der Waals surface area contributed by atoms with Gasteiger partial charge in [-0.05, 0) is 54.9 Å². The lowest BCUT2D eigenvalue weighted by atomic mass is 10.0. The lowest BCUT2D eigenvalue weighted by molar-refractivity contribution is 0.0535. The van der Waals surface area contributed by atoms with Crippen LogP contribution in [0.2, 0.25) is 0 Å². The van der Waals surface area contributed by atoms with Crippen LogP contribution in [0, 0.1) is 11.6 Å². The van der Waals surface area contributed by atoms with E-state index in [0.29, 0.717) is 66.5 Å². The van der Waals surface area contributed by atoms with Gasteiger partial charge in [-0.15, -0.1) is 0 Å². The van der Waals surface area contributed by atoms with Crippen LogP contribution in [-0.4, -0.2) is 98.1 Å². The maximum atomic E-state index is 14.5. The summed E-state index contributed by atoms with van der Waals surface area (Å²) >= 11 is 0. The minimum Gasteiger partial charge on any atom is -0.473 e. The molecule has 2 N–H and O–H groups in total. The van der Waals surface area contributed by atoms with Crippen LogP contribution in [0.15, 0.2) is 54.7 Å². The van der Waals surface area contributed by atoms with Gasteiger partial charge in [-0.2, -0.15) is 0 Å². The van der Waals surface area contributed by atoms with Crippen molar-refractivity contribution in [3.8, 4) is 17.0 Å². The number of carbonyl (C=O) groups excluding carboxylic acids is 2. The number of nitrogens with one attached hydrogen (secondary N) is 2. The van der Waals surface area contributed by atoms with Gasteiger partial charge in [0.25, 0.3) is 11.8 Å². The minimum atomic E-state index is -0.440. The van der Waals surface area contributed by atoms with Crippen molar-refractivity contribution in [2.45, 2.75) is 12.5 Å². The quantitative estimate of drug-likeness (QED) is 0.467. The van der Waals surface area contributed by atoms with Gasteiger partial charge in [0, 0.05) is 81.9 Å². The molecule has 3 aromatic rings. The van der Waals surface area contributed by atoms with Crippen molar-refractivity contribution < 1.29 is 23.1 Å². The lowest BCUT2D eigenvalue weighted by Gasteiger charge is -2.35. The predicted molar refractivity (Wildman–Crippen MR) is 155 cm³/mol. The molecule has 0 saturated carbocycles. The first kappa shape index (κ1) is 28.0. The molecule has 220 valence electrons. The van der Waals surface area contributed by atoms with Crippen LogP contribution in [0.5, 0.6) is 5.88 Å². The van der Waals surface area contributed by atoms with Crippen molar-refractivity contribution in [2.24, 2.45) is 0 Å². The molecule has 0 bridgehead atoms. The topological polar surface area (TPSA) is 90.0 Å². The number of piperazine rings is 2. The Kier molecular flexibility index (Phi) is 8.29.